The summed E-state index contributed by atoms with van der Waals surface area (Å²) in [5.41, 5.74) is 1.33. The van der Waals surface area contributed by atoms with Crippen LogP contribution in [-0.2, 0) is 4.79 Å². The van der Waals surface area contributed by atoms with E-state index in [-0.39, 0.29) is 5.91 Å². The minimum atomic E-state index is -1.23. The predicted molar refractivity (Wildman–Crippen MR) is 88.2 cm³/mol. The summed E-state index contributed by atoms with van der Waals surface area (Å²) in [6, 6.07) is 5.65. The van der Waals surface area contributed by atoms with Crippen molar-refractivity contribution >= 4 is 34.4 Å². The first-order valence-electron chi connectivity index (χ1n) is 7.75. The lowest BCUT2D eigenvalue weighted by atomic mass is 9.85. The molecule has 0 spiro atoms. The van der Waals surface area contributed by atoms with E-state index in [4.69, 9.17) is 0 Å². The normalized spacial score (nSPS) is 25.3. The van der Waals surface area contributed by atoms with Gasteiger partial charge in [-0.2, -0.15) is 11.8 Å². The number of hydrogen-bond donors (Lipinski definition) is 3. The van der Waals surface area contributed by atoms with Gasteiger partial charge in [0.05, 0.1) is 11.0 Å². The van der Waals surface area contributed by atoms with Crippen LogP contribution in [0.15, 0.2) is 18.2 Å². The van der Waals surface area contributed by atoms with Crippen LogP contribution in [0.25, 0.3) is 11.0 Å². The van der Waals surface area contributed by atoms with E-state index in [0.717, 1.165) is 22.6 Å². The third kappa shape index (κ3) is 2.40. The first kappa shape index (κ1) is 14.1. The van der Waals surface area contributed by atoms with E-state index < -0.39 is 5.60 Å². The van der Waals surface area contributed by atoms with Gasteiger partial charge in [0.15, 0.2) is 5.60 Å². The zero-order valence-electron chi connectivity index (χ0n) is 12.3. The maximum absolute atomic E-state index is 12.2. The average molecular weight is 317 g/mol. The standard InChI is InChI=1S/C16H19N3O2S/c20-15(16(21)6-7-22-9-16)17-11-4-5-12-13(8-11)19-14(18-12)10-2-1-3-10/h4-5,8,10,21H,1-3,6-7,9H2,(H,17,20)(H,18,19). The maximum atomic E-state index is 12.2. The molecule has 1 unspecified atom stereocenters. The van der Waals surface area contributed by atoms with Crippen LogP contribution in [0.5, 0.6) is 0 Å². The minimum Gasteiger partial charge on any atom is -0.379 e. The second kappa shape index (κ2) is 5.28. The van der Waals surface area contributed by atoms with E-state index in [2.05, 4.69) is 15.3 Å². The fourth-order valence-corrected chi connectivity index (χ4v) is 4.20. The second-order valence-corrected chi connectivity index (χ2v) is 7.38. The van der Waals surface area contributed by atoms with E-state index in [1.807, 2.05) is 18.2 Å². The van der Waals surface area contributed by atoms with Crippen molar-refractivity contribution in [1.29, 1.82) is 0 Å². The molecule has 2 fully saturated rings. The Morgan fingerprint density at radius 1 is 1.45 bits per heavy atom. The van der Waals surface area contributed by atoms with Crippen molar-refractivity contribution in [2.75, 3.05) is 16.8 Å². The molecule has 1 aliphatic heterocycles. The highest BCUT2D eigenvalue weighted by Gasteiger charge is 2.39. The molecular weight excluding hydrogens is 298 g/mol. The number of hydrogen-bond acceptors (Lipinski definition) is 4. The molecule has 0 bridgehead atoms. The number of rotatable bonds is 3. The third-order valence-electron chi connectivity index (χ3n) is 4.67. The van der Waals surface area contributed by atoms with Gasteiger partial charge in [0.1, 0.15) is 5.82 Å². The largest absolute Gasteiger partial charge is 0.379 e. The highest BCUT2D eigenvalue weighted by molar-refractivity contribution is 7.99. The Balaban J connectivity index is 1.55. The quantitative estimate of drug-likeness (QED) is 0.813. The van der Waals surface area contributed by atoms with Gasteiger partial charge in [-0.3, -0.25) is 4.79 Å². The Kier molecular flexibility index (Phi) is 3.38. The summed E-state index contributed by atoms with van der Waals surface area (Å²) in [6.45, 7) is 0. The fraction of sp³-hybridized carbons (Fsp3) is 0.500. The number of H-pyrrole nitrogens is 1. The van der Waals surface area contributed by atoms with Crippen LogP contribution in [0.3, 0.4) is 0 Å². The maximum Gasteiger partial charge on any atom is 0.257 e. The first-order valence-corrected chi connectivity index (χ1v) is 8.91. The Morgan fingerprint density at radius 2 is 2.32 bits per heavy atom. The molecule has 1 aromatic heterocycles. The molecule has 2 aromatic rings. The monoisotopic (exact) mass is 317 g/mol. The molecule has 3 N–H and O–H groups in total. The van der Waals surface area contributed by atoms with Gasteiger partial charge < -0.3 is 15.4 Å². The number of carbonyl (C=O) groups excluding carboxylic acids is 1. The van der Waals surface area contributed by atoms with Gasteiger partial charge in [-0.15, -0.1) is 0 Å². The number of fused-ring (bicyclic) bond motifs is 1. The molecule has 0 radical (unpaired) electrons. The highest BCUT2D eigenvalue weighted by atomic mass is 32.2. The molecule has 5 nitrogen and oxygen atoms in total. The zero-order chi connectivity index (χ0) is 15.2. The van der Waals surface area contributed by atoms with Crippen molar-refractivity contribution in [3.63, 3.8) is 0 Å². The molecule has 1 saturated carbocycles. The van der Waals surface area contributed by atoms with E-state index in [1.54, 1.807) is 11.8 Å². The third-order valence-corrected chi connectivity index (χ3v) is 5.85. The van der Waals surface area contributed by atoms with Gasteiger partial charge in [0, 0.05) is 17.4 Å². The summed E-state index contributed by atoms with van der Waals surface area (Å²) in [4.78, 5) is 20.2. The van der Waals surface area contributed by atoms with Crippen LogP contribution in [0.1, 0.15) is 37.4 Å². The van der Waals surface area contributed by atoms with Gasteiger partial charge in [0.2, 0.25) is 0 Å². The van der Waals surface area contributed by atoms with Gasteiger partial charge in [0.25, 0.3) is 5.91 Å². The van der Waals surface area contributed by atoms with Crippen molar-refractivity contribution in [1.82, 2.24) is 9.97 Å². The summed E-state index contributed by atoms with van der Waals surface area (Å²) >= 11 is 1.61. The van der Waals surface area contributed by atoms with Crippen molar-refractivity contribution < 1.29 is 9.90 Å². The van der Waals surface area contributed by atoms with Crippen LogP contribution >= 0.6 is 11.8 Å². The Hall–Kier alpha value is -1.53. The fourth-order valence-electron chi connectivity index (χ4n) is 2.96. The molecule has 1 atom stereocenters. The summed E-state index contributed by atoms with van der Waals surface area (Å²) in [5, 5.41) is 13.1. The number of nitrogens with zero attached hydrogens (tertiary/aromatic N) is 1. The topological polar surface area (TPSA) is 78.0 Å². The molecule has 4 rings (SSSR count). The van der Waals surface area contributed by atoms with Crippen LogP contribution in [0.2, 0.25) is 0 Å². The zero-order valence-corrected chi connectivity index (χ0v) is 13.1. The Morgan fingerprint density at radius 3 is 3.00 bits per heavy atom. The number of carbonyl (C=O) groups is 1. The molecule has 6 heteroatoms. The lowest BCUT2D eigenvalue weighted by molar-refractivity contribution is -0.131. The van der Waals surface area contributed by atoms with Crippen LogP contribution in [0, 0.1) is 0 Å². The van der Waals surface area contributed by atoms with Gasteiger partial charge in [-0.05, 0) is 43.2 Å². The van der Waals surface area contributed by atoms with Gasteiger partial charge >= 0.3 is 0 Å². The molecule has 116 valence electrons. The summed E-state index contributed by atoms with van der Waals surface area (Å²) in [6.07, 6.45) is 4.20. The highest BCUT2D eigenvalue weighted by Crippen LogP contribution is 2.36. The summed E-state index contributed by atoms with van der Waals surface area (Å²) < 4.78 is 0. The number of aromatic nitrogens is 2. The number of anilines is 1. The predicted octanol–water partition coefficient (Wildman–Crippen LogP) is 2.64. The van der Waals surface area contributed by atoms with Crippen LogP contribution in [-0.4, -0.2) is 38.1 Å². The molecule has 2 heterocycles. The van der Waals surface area contributed by atoms with E-state index in [0.29, 0.717) is 23.8 Å². The molecule has 1 amide bonds. The molecule has 22 heavy (non-hydrogen) atoms. The SMILES string of the molecule is O=C(Nc1ccc2nc(C3CCC3)[nH]c2c1)C1(O)CCSC1. The van der Waals surface area contributed by atoms with E-state index >= 15 is 0 Å². The van der Waals surface area contributed by atoms with Crippen LogP contribution in [0.4, 0.5) is 5.69 Å². The van der Waals surface area contributed by atoms with Gasteiger partial charge in [-0.25, -0.2) is 4.98 Å². The Labute approximate surface area is 132 Å². The minimum absolute atomic E-state index is 0.310. The van der Waals surface area contributed by atoms with Crippen molar-refractivity contribution in [2.45, 2.75) is 37.2 Å². The summed E-state index contributed by atoms with van der Waals surface area (Å²) in [5.74, 6) is 2.60. The average Bonchev–Trinajstić information content (AvgIpc) is 3.03. The Bertz CT molecular complexity index is 717. The molecular formula is C16H19N3O2S. The number of thioether (sulfide) groups is 1. The molecule has 1 aliphatic carbocycles. The van der Waals surface area contributed by atoms with E-state index in [9.17, 15) is 9.90 Å². The molecule has 1 saturated heterocycles. The number of nitrogens with one attached hydrogen (secondary N) is 2. The van der Waals surface area contributed by atoms with Crippen molar-refractivity contribution in [2.24, 2.45) is 0 Å². The lowest BCUT2D eigenvalue weighted by Gasteiger charge is -2.22. The number of amides is 1. The number of imidazole rings is 1. The van der Waals surface area contributed by atoms with Crippen molar-refractivity contribution in [3.05, 3.63) is 24.0 Å². The van der Waals surface area contributed by atoms with Crippen molar-refractivity contribution in [3.8, 4) is 0 Å². The smallest absolute Gasteiger partial charge is 0.257 e. The first-order chi connectivity index (χ1) is 10.6. The molecule has 2 aliphatic rings. The lowest BCUT2D eigenvalue weighted by Crippen LogP contribution is -2.42. The van der Waals surface area contributed by atoms with E-state index in [1.165, 1.54) is 19.3 Å². The molecule has 1 aromatic carbocycles. The number of aliphatic hydroxyl groups is 1. The van der Waals surface area contributed by atoms with Gasteiger partial charge in [-0.1, -0.05) is 6.42 Å². The number of benzene rings is 1. The summed E-state index contributed by atoms with van der Waals surface area (Å²) in [7, 11) is 0. The second-order valence-electron chi connectivity index (χ2n) is 6.27. The van der Waals surface area contributed by atoms with Crippen LogP contribution < -0.4 is 5.32 Å². The number of aromatic amines is 1.